The number of carbonyl (C=O) groups is 1. The zero-order valence-electron chi connectivity index (χ0n) is 14.8. The largest absolute Gasteiger partial charge is 0.478 e. The first kappa shape index (κ1) is 18.0. The molecule has 4 rings (SSSR count). The van der Waals surface area contributed by atoms with Gasteiger partial charge in [-0.15, -0.1) is 0 Å². The van der Waals surface area contributed by atoms with Gasteiger partial charge in [-0.1, -0.05) is 36.4 Å². The van der Waals surface area contributed by atoms with Crippen LogP contribution in [0.1, 0.15) is 10.4 Å². The molecule has 0 atom stereocenters. The van der Waals surface area contributed by atoms with E-state index in [1.807, 2.05) is 42.5 Å². The van der Waals surface area contributed by atoms with E-state index in [2.05, 4.69) is 10.0 Å². The van der Waals surface area contributed by atoms with Crippen molar-refractivity contribution in [2.24, 2.45) is 0 Å². The zero-order chi connectivity index (χ0) is 19.9. The van der Waals surface area contributed by atoms with E-state index in [4.69, 9.17) is 4.74 Å². The van der Waals surface area contributed by atoms with E-state index in [0.29, 0.717) is 11.4 Å². The van der Waals surface area contributed by atoms with Crippen LogP contribution in [-0.2, 0) is 10.0 Å². The van der Waals surface area contributed by atoms with Gasteiger partial charge in [0.1, 0.15) is 0 Å². The third-order valence-corrected chi connectivity index (χ3v) is 5.85. The summed E-state index contributed by atoms with van der Waals surface area (Å²) in [6, 6.07) is 17.6. The van der Waals surface area contributed by atoms with Crippen LogP contribution in [0.4, 0.5) is 11.4 Å². The van der Waals surface area contributed by atoms with E-state index in [1.165, 1.54) is 13.1 Å². The molecule has 28 heavy (non-hydrogen) atoms. The van der Waals surface area contributed by atoms with Gasteiger partial charge < -0.3 is 15.2 Å². The highest BCUT2D eigenvalue weighted by Gasteiger charge is 2.27. The van der Waals surface area contributed by atoms with Crippen molar-refractivity contribution in [3.8, 4) is 22.6 Å². The molecule has 3 aromatic rings. The van der Waals surface area contributed by atoms with Crippen LogP contribution >= 0.6 is 0 Å². The fourth-order valence-electron chi connectivity index (χ4n) is 3.02. The summed E-state index contributed by atoms with van der Waals surface area (Å²) in [6.45, 7) is 0. The van der Waals surface area contributed by atoms with Gasteiger partial charge in [-0.25, -0.2) is 17.9 Å². The van der Waals surface area contributed by atoms with Gasteiger partial charge in [0.15, 0.2) is 11.5 Å². The number of sulfonamides is 1. The van der Waals surface area contributed by atoms with Crippen molar-refractivity contribution in [2.75, 3.05) is 12.4 Å². The highest BCUT2D eigenvalue weighted by atomic mass is 32.2. The van der Waals surface area contributed by atoms with Gasteiger partial charge in [0.2, 0.25) is 10.0 Å². The SMILES string of the molecule is CNS(=O)(=O)c1cc2c(c(C(=O)O)c1)Nc1cc(-c3ccccc3)ccc1O2. The zero-order valence-corrected chi connectivity index (χ0v) is 15.6. The highest BCUT2D eigenvalue weighted by Crippen LogP contribution is 2.46. The summed E-state index contributed by atoms with van der Waals surface area (Å²) in [6.07, 6.45) is 0. The molecule has 1 aliphatic heterocycles. The molecule has 1 aliphatic rings. The minimum Gasteiger partial charge on any atom is -0.478 e. The van der Waals surface area contributed by atoms with Crippen molar-refractivity contribution in [1.82, 2.24) is 4.72 Å². The predicted molar refractivity (Wildman–Crippen MR) is 105 cm³/mol. The lowest BCUT2D eigenvalue weighted by molar-refractivity contribution is 0.0697. The van der Waals surface area contributed by atoms with Crippen molar-refractivity contribution in [2.45, 2.75) is 4.90 Å². The number of ether oxygens (including phenoxy) is 1. The Morgan fingerprint density at radius 2 is 1.75 bits per heavy atom. The molecule has 0 bridgehead atoms. The summed E-state index contributed by atoms with van der Waals surface area (Å²) >= 11 is 0. The summed E-state index contributed by atoms with van der Waals surface area (Å²) in [4.78, 5) is 11.5. The number of anilines is 2. The van der Waals surface area contributed by atoms with Crippen LogP contribution < -0.4 is 14.8 Å². The van der Waals surface area contributed by atoms with Crippen molar-refractivity contribution >= 4 is 27.4 Å². The minimum atomic E-state index is -3.83. The fourth-order valence-corrected chi connectivity index (χ4v) is 3.79. The van der Waals surface area contributed by atoms with E-state index in [0.717, 1.165) is 17.2 Å². The first-order valence-corrected chi connectivity index (χ1v) is 9.86. The average molecular weight is 396 g/mol. The first-order chi connectivity index (χ1) is 13.4. The number of carboxylic acids is 1. The molecule has 1 heterocycles. The number of hydrogen-bond acceptors (Lipinski definition) is 5. The maximum atomic E-state index is 12.1. The molecule has 0 aliphatic carbocycles. The van der Waals surface area contributed by atoms with E-state index in [1.54, 1.807) is 6.07 Å². The van der Waals surface area contributed by atoms with Gasteiger partial charge in [-0.2, -0.15) is 0 Å². The number of aromatic carboxylic acids is 1. The number of carboxylic acid groups (broad SMARTS) is 1. The number of fused-ring (bicyclic) bond motifs is 2. The van der Waals surface area contributed by atoms with Crippen LogP contribution in [0.25, 0.3) is 11.1 Å². The number of hydrogen-bond donors (Lipinski definition) is 3. The van der Waals surface area contributed by atoms with Crippen molar-refractivity contribution in [3.05, 3.63) is 66.2 Å². The highest BCUT2D eigenvalue weighted by molar-refractivity contribution is 7.89. The third-order valence-electron chi connectivity index (χ3n) is 4.45. The summed E-state index contributed by atoms with van der Waals surface area (Å²) < 4.78 is 32.3. The quantitative estimate of drug-likeness (QED) is 0.485. The van der Waals surface area contributed by atoms with Gasteiger partial charge in [0.05, 0.1) is 21.8 Å². The van der Waals surface area contributed by atoms with E-state index >= 15 is 0 Å². The van der Waals surface area contributed by atoms with Crippen molar-refractivity contribution < 1.29 is 23.1 Å². The molecule has 0 saturated carbocycles. The molecule has 142 valence electrons. The second-order valence-corrected chi connectivity index (χ2v) is 8.05. The predicted octanol–water partition coefficient (Wildman–Crippen LogP) is 3.81. The Morgan fingerprint density at radius 1 is 1.00 bits per heavy atom. The normalized spacial score (nSPS) is 12.3. The lowest BCUT2D eigenvalue weighted by Gasteiger charge is -2.24. The van der Waals surface area contributed by atoms with Gasteiger partial charge in [0, 0.05) is 6.07 Å². The summed E-state index contributed by atoms with van der Waals surface area (Å²) in [7, 11) is -2.57. The van der Waals surface area contributed by atoms with Gasteiger partial charge in [-0.3, -0.25) is 0 Å². The summed E-state index contributed by atoms with van der Waals surface area (Å²) in [5.41, 5.74) is 2.56. The maximum absolute atomic E-state index is 12.1. The Hall–Kier alpha value is -3.36. The van der Waals surface area contributed by atoms with Gasteiger partial charge in [-0.05, 0) is 36.4 Å². The van der Waals surface area contributed by atoms with E-state index in [9.17, 15) is 18.3 Å². The minimum absolute atomic E-state index is 0.133. The molecule has 7 nitrogen and oxygen atoms in total. The molecule has 0 fully saturated rings. The Bertz CT molecular complexity index is 1190. The molecule has 0 unspecified atom stereocenters. The lowest BCUT2D eigenvalue weighted by Crippen LogP contribution is -2.20. The topological polar surface area (TPSA) is 105 Å². The molecule has 0 spiro atoms. The molecule has 8 heteroatoms. The van der Waals surface area contributed by atoms with E-state index < -0.39 is 16.0 Å². The van der Waals surface area contributed by atoms with Crippen molar-refractivity contribution in [3.63, 3.8) is 0 Å². The molecule has 0 aromatic heterocycles. The molecule has 0 saturated heterocycles. The Morgan fingerprint density at radius 3 is 2.43 bits per heavy atom. The number of rotatable bonds is 4. The second-order valence-electron chi connectivity index (χ2n) is 6.16. The Balaban J connectivity index is 1.82. The number of benzene rings is 3. The Kier molecular flexibility index (Phi) is 4.29. The van der Waals surface area contributed by atoms with Gasteiger partial charge in [0.25, 0.3) is 0 Å². The smallest absolute Gasteiger partial charge is 0.338 e. The molecule has 3 aromatic carbocycles. The molecule has 3 N–H and O–H groups in total. The third kappa shape index (κ3) is 3.08. The molecule has 0 amide bonds. The van der Waals surface area contributed by atoms with Crippen molar-refractivity contribution in [1.29, 1.82) is 0 Å². The van der Waals surface area contributed by atoms with Crippen LogP contribution in [0.2, 0.25) is 0 Å². The second kappa shape index (κ2) is 6.66. The number of nitrogens with one attached hydrogen (secondary N) is 2. The maximum Gasteiger partial charge on any atom is 0.338 e. The summed E-state index contributed by atoms with van der Waals surface area (Å²) in [5, 5.41) is 12.6. The Labute approximate surface area is 161 Å². The van der Waals surface area contributed by atoms with Crippen LogP contribution in [0.5, 0.6) is 11.5 Å². The van der Waals surface area contributed by atoms with Crippen LogP contribution in [0.15, 0.2) is 65.6 Å². The standard InChI is InChI=1S/C20H16N2O5S/c1-21-28(25,26)14-10-15(20(23)24)19-18(11-14)27-17-8-7-13(9-16(17)22-19)12-5-3-2-4-6-12/h2-11,21-22H,1H3,(H,23,24). The van der Waals surface area contributed by atoms with Crippen LogP contribution in [0, 0.1) is 0 Å². The molecular formula is C20H16N2O5S. The molecular weight excluding hydrogens is 380 g/mol. The summed E-state index contributed by atoms with van der Waals surface area (Å²) in [5.74, 6) is -0.653. The lowest BCUT2D eigenvalue weighted by atomic mass is 10.0. The van der Waals surface area contributed by atoms with E-state index in [-0.39, 0.29) is 21.9 Å². The average Bonchev–Trinajstić information content (AvgIpc) is 2.71. The molecule has 0 radical (unpaired) electrons. The van der Waals surface area contributed by atoms with Crippen LogP contribution in [-0.4, -0.2) is 26.5 Å². The van der Waals surface area contributed by atoms with Crippen LogP contribution in [0.3, 0.4) is 0 Å². The first-order valence-electron chi connectivity index (χ1n) is 8.38. The fraction of sp³-hybridized carbons (Fsp3) is 0.0500. The van der Waals surface area contributed by atoms with Gasteiger partial charge >= 0.3 is 5.97 Å². The monoisotopic (exact) mass is 396 g/mol.